The van der Waals surface area contributed by atoms with Gasteiger partial charge in [-0.1, -0.05) is 36.8 Å². The van der Waals surface area contributed by atoms with E-state index in [1.807, 2.05) is 0 Å². The lowest BCUT2D eigenvalue weighted by Gasteiger charge is -2.23. The van der Waals surface area contributed by atoms with Crippen molar-refractivity contribution in [2.45, 2.75) is 19.9 Å². The molecule has 4 heteroatoms. The average molecular weight is 248 g/mol. The molecule has 1 N–H and O–H groups in total. The molecular weight excluding hydrogens is 228 g/mol. The van der Waals surface area contributed by atoms with Crippen LogP contribution in [-0.4, -0.2) is 37.2 Å². The van der Waals surface area contributed by atoms with Crippen molar-refractivity contribution >= 4 is 6.09 Å². The van der Waals surface area contributed by atoms with E-state index in [1.165, 1.54) is 11.1 Å². The molecule has 0 radical (unpaired) electrons. The summed E-state index contributed by atoms with van der Waals surface area (Å²) in [6, 6.07) is 8.60. The molecule has 1 aliphatic rings. The highest BCUT2D eigenvalue weighted by Crippen LogP contribution is 2.17. The number of cyclic esters (lactones) is 1. The van der Waals surface area contributed by atoms with Crippen molar-refractivity contribution in [3.63, 3.8) is 0 Å². The minimum Gasteiger partial charge on any atom is -0.448 e. The number of hydrogen-bond donors (Lipinski definition) is 1. The van der Waals surface area contributed by atoms with Gasteiger partial charge in [0.05, 0.1) is 12.6 Å². The lowest BCUT2D eigenvalue weighted by atomic mass is 10.0. The predicted octanol–water partition coefficient (Wildman–Crippen LogP) is 2.10. The molecule has 0 bridgehead atoms. The van der Waals surface area contributed by atoms with Crippen LogP contribution < -0.4 is 5.32 Å². The van der Waals surface area contributed by atoms with Crippen LogP contribution in [0.4, 0.5) is 4.79 Å². The third-order valence-corrected chi connectivity index (χ3v) is 3.18. The van der Waals surface area contributed by atoms with Crippen molar-refractivity contribution < 1.29 is 9.53 Å². The molecule has 1 aliphatic heterocycles. The fourth-order valence-corrected chi connectivity index (χ4v) is 2.14. The van der Waals surface area contributed by atoms with E-state index in [9.17, 15) is 4.79 Å². The SMILES string of the molecule is CCNC(CN1CCOC1=O)c1ccc(C)cc1. The maximum Gasteiger partial charge on any atom is 0.410 e. The molecule has 1 amide bonds. The summed E-state index contributed by atoms with van der Waals surface area (Å²) in [5, 5.41) is 3.42. The molecule has 0 aliphatic carbocycles. The van der Waals surface area contributed by atoms with Gasteiger partial charge in [-0.15, -0.1) is 0 Å². The molecule has 1 fully saturated rings. The fraction of sp³-hybridized carbons (Fsp3) is 0.500. The quantitative estimate of drug-likeness (QED) is 0.867. The summed E-state index contributed by atoms with van der Waals surface area (Å²) in [5.74, 6) is 0. The molecule has 0 aromatic heterocycles. The molecule has 0 saturated carbocycles. The van der Waals surface area contributed by atoms with E-state index in [4.69, 9.17) is 4.74 Å². The van der Waals surface area contributed by atoms with Gasteiger partial charge in [0.25, 0.3) is 0 Å². The van der Waals surface area contributed by atoms with Gasteiger partial charge in [-0.2, -0.15) is 0 Å². The van der Waals surface area contributed by atoms with Gasteiger partial charge < -0.3 is 15.0 Å². The van der Waals surface area contributed by atoms with E-state index >= 15 is 0 Å². The zero-order chi connectivity index (χ0) is 13.0. The second-order valence-corrected chi connectivity index (χ2v) is 4.58. The maximum absolute atomic E-state index is 11.5. The number of rotatable bonds is 5. The maximum atomic E-state index is 11.5. The Balaban J connectivity index is 2.07. The van der Waals surface area contributed by atoms with Gasteiger partial charge in [0.1, 0.15) is 6.61 Å². The summed E-state index contributed by atoms with van der Waals surface area (Å²) in [4.78, 5) is 13.2. The third-order valence-electron chi connectivity index (χ3n) is 3.18. The minimum atomic E-state index is -0.204. The smallest absolute Gasteiger partial charge is 0.410 e. The molecule has 4 nitrogen and oxygen atoms in total. The third kappa shape index (κ3) is 3.01. The molecule has 98 valence electrons. The number of likely N-dealkylation sites (N-methyl/N-ethyl adjacent to an activating group) is 1. The number of ether oxygens (including phenoxy) is 1. The number of carbonyl (C=O) groups is 1. The first-order chi connectivity index (χ1) is 8.70. The topological polar surface area (TPSA) is 41.6 Å². The van der Waals surface area contributed by atoms with Crippen molar-refractivity contribution in [1.29, 1.82) is 0 Å². The molecule has 1 aromatic rings. The van der Waals surface area contributed by atoms with E-state index in [-0.39, 0.29) is 12.1 Å². The molecule has 1 aromatic carbocycles. The monoisotopic (exact) mass is 248 g/mol. The molecule has 2 rings (SSSR count). The summed E-state index contributed by atoms with van der Waals surface area (Å²) in [6.45, 7) is 6.88. The van der Waals surface area contributed by atoms with Crippen molar-refractivity contribution in [2.75, 3.05) is 26.2 Å². The van der Waals surface area contributed by atoms with Gasteiger partial charge in [0.2, 0.25) is 0 Å². The molecule has 18 heavy (non-hydrogen) atoms. The van der Waals surface area contributed by atoms with Crippen molar-refractivity contribution in [3.05, 3.63) is 35.4 Å². The zero-order valence-electron chi connectivity index (χ0n) is 11.0. The summed E-state index contributed by atoms with van der Waals surface area (Å²) in [7, 11) is 0. The first-order valence-corrected chi connectivity index (χ1v) is 6.42. The number of benzene rings is 1. The Labute approximate surface area is 108 Å². The first-order valence-electron chi connectivity index (χ1n) is 6.42. The van der Waals surface area contributed by atoms with Crippen LogP contribution in [0.5, 0.6) is 0 Å². The normalized spacial score (nSPS) is 16.8. The van der Waals surface area contributed by atoms with E-state index in [2.05, 4.69) is 43.4 Å². The lowest BCUT2D eigenvalue weighted by molar-refractivity contribution is 0.156. The highest BCUT2D eigenvalue weighted by atomic mass is 16.6. The second-order valence-electron chi connectivity index (χ2n) is 4.58. The first kappa shape index (κ1) is 12.9. The Morgan fingerprint density at radius 3 is 2.67 bits per heavy atom. The number of hydrogen-bond acceptors (Lipinski definition) is 3. The van der Waals surface area contributed by atoms with Gasteiger partial charge in [-0.3, -0.25) is 0 Å². The number of nitrogens with one attached hydrogen (secondary N) is 1. The highest BCUT2D eigenvalue weighted by molar-refractivity contribution is 5.69. The van der Waals surface area contributed by atoms with Gasteiger partial charge in [0, 0.05) is 6.54 Å². The highest BCUT2D eigenvalue weighted by Gasteiger charge is 2.25. The molecule has 1 saturated heterocycles. The van der Waals surface area contributed by atoms with Gasteiger partial charge >= 0.3 is 6.09 Å². The van der Waals surface area contributed by atoms with E-state index in [0.29, 0.717) is 19.7 Å². The number of amides is 1. The Morgan fingerprint density at radius 2 is 2.11 bits per heavy atom. The molecule has 1 atom stereocenters. The Hall–Kier alpha value is -1.55. The zero-order valence-corrected chi connectivity index (χ0v) is 11.0. The van der Waals surface area contributed by atoms with Crippen LogP contribution in [0.3, 0.4) is 0 Å². The average Bonchev–Trinajstić information content (AvgIpc) is 2.76. The van der Waals surface area contributed by atoms with Crippen molar-refractivity contribution in [3.8, 4) is 0 Å². The van der Waals surface area contributed by atoms with Gasteiger partial charge in [0.15, 0.2) is 0 Å². The summed E-state index contributed by atoms with van der Waals surface area (Å²) in [5.41, 5.74) is 2.46. The van der Waals surface area contributed by atoms with E-state index in [1.54, 1.807) is 4.90 Å². The fourth-order valence-electron chi connectivity index (χ4n) is 2.14. The van der Waals surface area contributed by atoms with Crippen LogP contribution in [0.1, 0.15) is 24.1 Å². The largest absolute Gasteiger partial charge is 0.448 e. The summed E-state index contributed by atoms with van der Waals surface area (Å²) >= 11 is 0. The van der Waals surface area contributed by atoms with Crippen LogP contribution in [0.15, 0.2) is 24.3 Å². The molecule has 1 heterocycles. The lowest BCUT2D eigenvalue weighted by Crippen LogP contribution is -2.35. The van der Waals surface area contributed by atoms with Gasteiger partial charge in [-0.25, -0.2) is 4.79 Å². The van der Waals surface area contributed by atoms with Crippen molar-refractivity contribution in [1.82, 2.24) is 10.2 Å². The number of nitrogens with zero attached hydrogens (tertiary/aromatic N) is 1. The van der Waals surface area contributed by atoms with Gasteiger partial charge in [-0.05, 0) is 19.0 Å². The predicted molar refractivity (Wildman–Crippen MR) is 70.5 cm³/mol. The van der Waals surface area contributed by atoms with Crippen LogP contribution in [-0.2, 0) is 4.74 Å². The number of carbonyl (C=O) groups excluding carboxylic acids is 1. The Bertz CT molecular complexity index is 403. The molecule has 1 unspecified atom stereocenters. The van der Waals surface area contributed by atoms with E-state index < -0.39 is 0 Å². The Morgan fingerprint density at radius 1 is 1.39 bits per heavy atom. The molecular formula is C14H20N2O2. The minimum absolute atomic E-state index is 0.168. The Kier molecular flexibility index (Phi) is 4.20. The summed E-state index contributed by atoms with van der Waals surface area (Å²) < 4.78 is 4.96. The van der Waals surface area contributed by atoms with Crippen LogP contribution >= 0.6 is 0 Å². The standard InChI is InChI=1S/C14H20N2O2/c1-3-15-13(10-16-8-9-18-14(16)17)12-6-4-11(2)5-7-12/h4-7,13,15H,3,8-10H2,1-2H3. The summed E-state index contributed by atoms with van der Waals surface area (Å²) in [6.07, 6.45) is -0.204. The second kappa shape index (κ2) is 5.87. The van der Waals surface area contributed by atoms with Crippen LogP contribution in [0.2, 0.25) is 0 Å². The molecule has 0 spiro atoms. The van der Waals surface area contributed by atoms with Crippen LogP contribution in [0.25, 0.3) is 0 Å². The number of aryl methyl sites for hydroxylation is 1. The van der Waals surface area contributed by atoms with E-state index in [0.717, 1.165) is 6.54 Å². The van der Waals surface area contributed by atoms with Crippen LogP contribution in [0, 0.1) is 6.92 Å². The van der Waals surface area contributed by atoms with Crippen molar-refractivity contribution in [2.24, 2.45) is 0 Å².